The molecule has 0 saturated heterocycles. The molecule has 2 aromatic rings. The predicted molar refractivity (Wildman–Crippen MR) is 79.0 cm³/mol. The van der Waals surface area contributed by atoms with Crippen LogP contribution in [0.5, 0.6) is 5.75 Å². The highest BCUT2D eigenvalue weighted by atomic mass is 16.5. The molecule has 4 nitrogen and oxygen atoms in total. The van der Waals surface area contributed by atoms with Gasteiger partial charge < -0.3 is 15.0 Å². The number of benzene rings is 1. The molecule has 1 aromatic heterocycles. The van der Waals surface area contributed by atoms with Crippen molar-refractivity contribution in [3.8, 4) is 5.75 Å². The molecular formula is C16H20N2O2. The lowest BCUT2D eigenvalue weighted by atomic mass is 10.1. The quantitative estimate of drug-likeness (QED) is 0.899. The Kier molecular flexibility index (Phi) is 3.63. The van der Waals surface area contributed by atoms with Crippen molar-refractivity contribution in [2.24, 2.45) is 0 Å². The second-order valence-electron chi connectivity index (χ2n) is 5.45. The molecule has 1 aliphatic carbocycles. The van der Waals surface area contributed by atoms with Crippen molar-refractivity contribution in [2.45, 2.75) is 38.1 Å². The Morgan fingerprint density at radius 1 is 1.40 bits per heavy atom. The third kappa shape index (κ3) is 2.64. The Morgan fingerprint density at radius 3 is 2.95 bits per heavy atom. The number of aromatic amines is 1. The van der Waals surface area contributed by atoms with Crippen molar-refractivity contribution >= 4 is 16.8 Å². The van der Waals surface area contributed by atoms with Gasteiger partial charge in [0, 0.05) is 29.2 Å². The minimum Gasteiger partial charge on any atom is -0.497 e. The highest BCUT2D eigenvalue weighted by Gasteiger charge is 2.18. The summed E-state index contributed by atoms with van der Waals surface area (Å²) in [6, 6.07) is 6.26. The lowest BCUT2D eigenvalue weighted by Gasteiger charge is -2.11. The molecule has 0 aliphatic heterocycles. The van der Waals surface area contributed by atoms with E-state index in [-0.39, 0.29) is 5.91 Å². The van der Waals surface area contributed by atoms with Gasteiger partial charge in [0.25, 0.3) is 0 Å². The van der Waals surface area contributed by atoms with E-state index in [0.717, 1.165) is 35.1 Å². The highest BCUT2D eigenvalue weighted by Crippen LogP contribution is 2.24. The molecule has 1 amide bonds. The molecule has 3 rings (SSSR count). The minimum atomic E-state index is 0.119. The molecular weight excluding hydrogens is 252 g/mol. The van der Waals surface area contributed by atoms with Gasteiger partial charge in [-0.3, -0.25) is 4.79 Å². The van der Waals surface area contributed by atoms with Gasteiger partial charge in [-0.05, 0) is 30.5 Å². The Balaban J connectivity index is 1.72. The first-order chi connectivity index (χ1) is 9.76. The van der Waals surface area contributed by atoms with Crippen LogP contribution in [0.1, 0.15) is 31.2 Å². The maximum Gasteiger partial charge on any atom is 0.224 e. The molecule has 0 radical (unpaired) electrons. The molecule has 0 spiro atoms. The molecule has 20 heavy (non-hydrogen) atoms. The molecule has 1 fully saturated rings. The van der Waals surface area contributed by atoms with E-state index >= 15 is 0 Å². The van der Waals surface area contributed by atoms with Crippen LogP contribution in [0.2, 0.25) is 0 Å². The van der Waals surface area contributed by atoms with E-state index in [4.69, 9.17) is 4.74 Å². The minimum absolute atomic E-state index is 0.119. The lowest BCUT2D eigenvalue weighted by molar-refractivity contribution is -0.121. The molecule has 0 bridgehead atoms. The van der Waals surface area contributed by atoms with Crippen LogP contribution in [0.3, 0.4) is 0 Å². The predicted octanol–water partition coefficient (Wildman–Crippen LogP) is 2.78. The molecule has 1 heterocycles. The fourth-order valence-corrected chi connectivity index (χ4v) is 2.96. The molecule has 4 heteroatoms. The summed E-state index contributed by atoms with van der Waals surface area (Å²) in [4.78, 5) is 15.3. The maximum absolute atomic E-state index is 12.1. The van der Waals surface area contributed by atoms with Gasteiger partial charge >= 0.3 is 0 Å². The van der Waals surface area contributed by atoms with Crippen LogP contribution in [0, 0.1) is 0 Å². The highest BCUT2D eigenvalue weighted by molar-refractivity contribution is 5.89. The SMILES string of the molecule is COc1ccc2c(CC(=O)NC3CCCC3)c[nH]c2c1. The van der Waals surface area contributed by atoms with E-state index in [0.29, 0.717) is 12.5 Å². The summed E-state index contributed by atoms with van der Waals surface area (Å²) in [5, 5.41) is 4.22. The third-order valence-corrected chi connectivity index (χ3v) is 4.05. The van der Waals surface area contributed by atoms with E-state index in [1.54, 1.807) is 7.11 Å². The lowest BCUT2D eigenvalue weighted by Crippen LogP contribution is -2.33. The summed E-state index contributed by atoms with van der Waals surface area (Å²) in [5.74, 6) is 0.940. The van der Waals surface area contributed by atoms with E-state index in [2.05, 4.69) is 10.3 Å². The van der Waals surface area contributed by atoms with Gasteiger partial charge in [0.15, 0.2) is 0 Å². The summed E-state index contributed by atoms with van der Waals surface area (Å²) in [6.07, 6.45) is 7.06. The number of H-pyrrole nitrogens is 1. The zero-order valence-corrected chi connectivity index (χ0v) is 11.7. The number of methoxy groups -OCH3 is 1. The van der Waals surface area contributed by atoms with E-state index in [1.165, 1.54) is 12.8 Å². The molecule has 1 saturated carbocycles. The summed E-state index contributed by atoms with van der Waals surface area (Å²) in [7, 11) is 1.65. The Hall–Kier alpha value is -1.97. The van der Waals surface area contributed by atoms with Gasteiger partial charge in [-0.1, -0.05) is 12.8 Å². The fraction of sp³-hybridized carbons (Fsp3) is 0.438. The first kappa shape index (κ1) is 13.0. The molecule has 2 N–H and O–H groups in total. The number of nitrogens with one attached hydrogen (secondary N) is 2. The smallest absolute Gasteiger partial charge is 0.224 e. The van der Waals surface area contributed by atoms with Crippen LogP contribution < -0.4 is 10.1 Å². The van der Waals surface area contributed by atoms with Crippen molar-refractivity contribution < 1.29 is 9.53 Å². The zero-order chi connectivity index (χ0) is 13.9. The van der Waals surface area contributed by atoms with Crippen LogP contribution in [0.25, 0.3) is 10.9 Å². The number of carbonyl (C=O) groups excluding carboxylic acids is 1. The fourth-order valence-electron chi connectivity index (χ4n) is 2.96. The van der Waals surface area contributed by atoms with E-state index in [9.17, 15) is 4.79 Å². The van der Waals surface area contributed by atoms with Gasteiger partial charge in [-0.2, -0.15) is 0 Å². The average molecular weight is 272 g/mol. The average Bonchev–Trinajstić information content (AvgIpc) is 3.08. The summed E-state index contributed by atoms with van der Waals surface area (Å²) in [5.41, 5.74) is 2.05. The number of aromatic nitrogens is 1. The molecule has 1 aromatic carbocycles. The normalized spacial score (nSPS) is 15.7. The largest absolute Gasteiger partial charge is 0.497 e. The summed E-state index contributed by atoms with van der Waals surface area (Å²) in [6.45, 7) is 0. The number of hydrogen-bond acceptors (Lipinski definition) is 2. The number of ether oxygens (including phenoxy) is 1. The van der Waals surface area contributed by atoms with Crippen LogP contribution in [-0.4, -0.2) is 24.0 Å². The molecule has 106 valence electrons. The van der Waals surface area contributed by atoms with E-state index in [1.807, 2.05) is 24.4 Å². The van der Waals surface area contributed by atoms with Gasteiger partial charge in [-0.15, -0.1) is 0 Å². The Labute approximate surface area is 118 Å². The van der Waals surface area contributed by atoms with Crippen LogP contribution in [-0.2, 0) is 11.2 Å². The topological polar surface area (TPSA) is 54.1 Å². The zero-order valence-electron chi connectivity index (χ0n) is 11.7. The number of carbonyl (C=O) groups is 1. The van der Waals surface area contributed by atoms with E-state index < -0.39 is 0 Å². The first-order valence-corrected chi connectivity index (χ1v) is 7.19. The number of amides is 1. The van der Waals surface area contributed by atoms with Gasteiger partial charge in [-0.25, -0.2) is 0 Å². The standard InChI is InChI=1S/C16H20N2O2/c1-20-13-6-7-14-11(10-17-15(14)9-13)8-16(19)18-12-4-2-3-5-12/h6-7,9-10,12,17H,2-5,8H2,1H3,(H,18,19). The van der Waals surface area contributed by atoms with Crippen molar-refractivity contribution in [2.75, 3.05) is 7.11 Å². The van der Waals surface area contributed by atoms with Crippen molar-refractivity contribution in [3.05, 3.63) is 30.0 Å². The van der Waals surface area contributed by atoms with Gasteiger partial charge in [0.2, 0.25) is 5.91 Å². The number of hydrogen-bond donors (Lipinski definition) is 2. The Morgan fingerprint density at radius 2 is 2.20 bits per heavy atom. The number of rotatable bonds is 4. The Bertz CT molecular complexity index is 612. The number of fused-ring (bicyclic) bond motifs is 1. The van der Waals surface area contributed by atoms with Crippen molar-refractivity contribution in [1.29, 1.82) is 0 Å². The molecule has 0 atom stereocenters. The molecule has 0 unspecified atom stereocenters. The monoisotopic (exact) mass is 272 g/mol. The second kappa shape index (κ2) is 5.57. The second-order valence-corrected chi connectivity index (χ2v) is 5.45. The summed E-state index contributed by atoms with van der Waals surface area (Å²) >= 11 is 0. The van der Waals surface area contributed by atoms with Crippen LogP contribution in [0.4, 0.5) is 0 Å². The van der Waals surface area contributed by atoms with Gasteiger partial charge in [0.05, 0.1) is 13.5 Å². The maximum atomic E-state index is 12.1. The summed E-state index contributed by atoms with van der Waals surface area (Å²) < 4.78 is 5.20. The van der Waals surface area contributed by atoms with Crippen LogP contribution in [0.15, 0.2) is 24.4 Å². The van der Waals surface area contributed by atoms with Crippen LogP contribution >= 0.6 is 0 Å². The van der Waals surface area contributed by atoms with Crippen molar-refractivity contribution in [1.82, 2.24) is 10.3 Å². The van der Waals surface area contributed by atoms with Crippen molar-refractivity contribution in [3.63, 3.8) is 0 Å². The first-order valence-electron chi connectivity index (χ1n) is 7.19. The third-order valence-electron chi connectivity index (χ3n) is 4.05. The van der Waals surface area contributed by atoms with Gasteiger partial charge in [0.1, 0.15) is 5.75 Å². The molecule has 1 aliphatic rings.